The maximum Gasteiger partial charge on any atom is 0.326 e. The van der Waals surface area contributed by atoms with Crippen LogP contribution >= 0.6 is 12.6 Å². The Morgan fingerprint density at radius 3 is 2.16 bits per heavy atom. The zero-order chi connectivity index (χ0) is 29.2. The van der Waals surface area contributed by atoms with Crippen LogP contribution < -0.4 is 27.4 Å². The minimum atomic E-state index is -1.20. The van der Waals surface area contributed by atoms with Gasteiger partial charge in [0.25, 0.3) is 0 Å². The van der Waals surface area contributed by atoms with Crippen molar-refractivity contribution in [3.8, 4) is 0 Å². The van der Waals surface area contributed by atoms with E-state index >= 15 is 0 Å². The third-order valence-electron chi connectivity index (χ3n) is 6.69. The Kier molecular flexibility index (Phi) is 13.5. The number of primary amides is 1. The molecule has 1 saturated heterocycles. The first-order valence-electron chi connectivity index (χ1n) is 12.8. The van der Waals surface area contributed by atoms with Gasteiger partial charge >= 0.3 is 5.97 Å². The molecule has 1 fully saturated rings. The lowest BCUT2D eigenvalue weighted by Gasteiger charge is -2.31. The molecule has 38 heavy (non-hydrogen) atoms. The predicted octanol–water partition coefficient (Wildman–Crippen LogP) is -1.26. The molecule has 13 nitrogen and oxygen atoms in total. The maximum atomic E-state index is 13.5. The molecule has 8 N–H and O–H groups in total. The Hall–Kier alpha value is -2.87. The lowest BCUT2D eigenvalue weighted by molar-refractivity contribution is -0.146. The molecule has 0 saturated carbocycles. The van der Waals surface area contributed by atoms with Gasteiger partial charge in [-0.1, -0.05) is 34.1 Å². The number of likely N-dealkylation sites (tertiary alicyclic amines) is 1. The smallest absolute Gasteiger partial charge is 0.326 e. The average molecular weight is 559 g/mol. The summed E-state index contributed by atoms with van der Waals surface area (Å²) in [6, 6.07) is -5.22. The minimum Gasteiger partial charge on any atom is -0.480 e. The molecular weight excluding hydrogens is 516 g/mol. The Morgan fingerprint density at radius 1 is 1.03 bits per heavy atom. The summed E-state index contributed by atoms with van der Waals surface area (Å²) in [4.78, 5) is 76.4. The Morgan fingerprint density at radius 2 is 1.66 bits per heavy atom. The fourth-order valence-electron chi connectivity index (χ4n) is 4.12. The molecule has 0 spiro atoms. The first kappa shape index (κ1) is 33.2. The van der Waals surface area contributed by atoms with Crippen LogP contribution in [0.3, 0.4) is 0 Å². The van der Waals surface area contributed by atoms with E-state index in [0.29, 0.717) is 19.3 Å². The Balaban J connectivity index is 3.15. The monoisotopic (exact) mass is 558 g/mol. The van der Waals surface area contributed by atoms with E-state index in [1.54, 1.807) is 20.8 Å². The van der Waals surface area contributed by atoms with Gasteiger partial charge in [-0.15, -0.1) is 0 Å². The molecule has 6 atom stereocenters. The van der Waals surface area contributed by atoms with Crippen molar-refractivity contribution in [2.45, 2.75) is 90.0 Å². The maximum absolute atomic E-state index is 13.5. The van der Waals surface area contributed by atoms with Crippen LogP contribution in [-0.2, 0) is 28.8 Å². The van der Waals surface area contributed by atoms with E-state index in [-0.39, 0.29) is 37.0 Å². The van der Waals surface area contributed by atoms with E-state index < -0.39 is 65.7 Å². The molecule has 14 heteroatoms. The van der Waals surface area contributed by atoms with E-state index in [0.717, 1.165) is 0 Å². The van der Waals surface area contributed by atoms with E-state index in [1.165, 1.54) is 4.90 Å². The average Bonchev–Trinajstić information content (AvgIpc) is 3.35. The molecule has 1 aliphatic rings. The van der Waals surface area contributed by atoms with Crippen LogP contribution in [0.25, 0.3) is 0 Å². The predicted molar refractivity (Wildman–Crippen MR) is 143 cm³/mol. The van der Waals surface area contributed by atoms with Gasteiger partial charge in [-0.25, -0.2) is 4.79 Å². The van der Waals surface area contributed by atoms with Gasteiger partial charge in [0.1, 0.15) is 24.2 Å². The Labute approximate surface area is 228 Å². The number of carbonyl (C=O) groups excluding carboxylic acids is 5. The van der Waals surface area contributed by atoms with Gasteiger partial charge in [-0.05, 0) is 31.1 Å². The van der Waals surface area contributed by atoms with Crippen LogP contribution in [0.4, 0.5) is 0 Å². The van der Waals surface area contributed by atoms with Crippen molar-refractivity contribution >= 4 is 48.1 Å². The minimum absolute atomic E-state index is 0.0678. The highest BCUT2D eigenvalue weighted by Gasteiger charge is 2.40. The fraction of sp³-hybridized carbons (Fsp3) is 0.750. The topological polar surface area (TPSA) is 214 Å². The van der Waals surface area contributed by atoms with Crippen molar-refractivity contribution in [2.24, 2.45) is 23.3 Å². The standard InChI is InChI=1S/C24H42N6O7S/c1-5-13(4)19(29-20(32)14(25)11-38)22(34)27-15(8-9-17(26)31)23(35)30-10-6-7-16(30)21(33)28-18(12(2)3)24(36)37/h12-16,18-19,38H,5-11,25H2,1-4H3,(H2,26,31)(H,27,34)(H,28,33)(H,29,32)(H,36,37)/t13-,14-,15-,16-,18-,19-/m0/s1. The van der Waals surface area contributed by atoms with Crippen molar-refractivity contribution in [3.63, 3.8) is 0 Å². The highest BCUT2D eigenvalue weighted by molar-refractivity contribution is 7.80. The van der Waals surface area contributed by atoms with Crippen LogP contribution in [0.5, 0.6) is 0 Å². The number of carboxylic acids is 1. The summed E-state index contributed by atoms with van der Waals surface area (Å²) in [6.07, 6.45) is 1.01. The second-order valence-electron chi connectivity index (χ2n) is 9.99. The normalized spacial score (nSPS) is 19.1. The summed E-state index contributed by atoms with van der Waals surface area (Å²) in [5.41, 5.74) is 11.0. The van der Waals surface area contributed by atoms with Crippen LogP contribution in [0.2, 0.25) is 0 Å². The fourth-order valence-corrected chi connectivity index (χ4v) is 4.28. The SMILES string of the molecule is CC[C@H](C)[C@H](NC(=O)[C@@H](N)CS)C(=O)N[C@@H](CCC(N)=O)C(=O)N1CCC[C@H]1C(=O)N[C@H](C(=O)O)C(C)C. The quantitative estimate of drug-likeness (QED) is 0.120. The number of hydrogen-bond acceptors (Lipinski definition) is 8. The molecule has 1 aliphatic heterocycles. The van der Waals surface area contributed by atoms with Gasteiger partial charge < -0.3 is 37.4 Å². The van der Waals surface area contributed by atoms with Crippen LogP contribution in [0.15, 0.2) is 0 Å². The second kappa shape index (κ2) is 15.5. The summed E-state index contributed by atoms with van der Waals surface area (Å²) in [7, 11) is 0. The number of carboxylic acid groups (broad SMARTS) is 1. The summed E-state index contributed by atoms with van der Waals surface area (Å²) in [6.45, 7) is 7.11. The number of hydrogen-bond donors (Lipinski definition) is 7. The lowest BCUT2D eigenvalue weighted by atomic mass is 9.97. The molecule has 5 amide bonds. The van der Waals surface area contributed by atoms with E-state index in [4.69, 9.17) is 11.5 Å². The van der Waals surface area contributed by atoms with Crippen LogP contribution in [0.1, 0.15) is 59.8 Å². The number of rotatable bonds is 15. The number of nitrogens with two attached hydrogens (primary N) is 2. The number of nitrogens with zero attached hydrogens (tertiary/aromatic N) is 1. The summed E-state index contributed by atoms with van der Waals surface area (Å²) in [5.74, 6) is -4.93. The molecule has 0 bridgehead atoms. The largest absolute Gasteiger partial charge is 0.480 e. The second-order valence-corrected chi connectivity index (χ2v) is 10.4. The van der Waals surface area contributed by atoms with Crippen molar-refractivity contribution in [1.29, 1.82) is 0 Å². The van der Waals surface area contributed by atoms with Gasteiger partial charge in [-0.2, -0.15) is 12.6 Å². The summed E-state index contributed by atoms with van der Waals surface area (Å²) >= 11 is 4.00. The van der Waals surface area contributed by atoms with Gasteiger partial charge in [0.2, 0.25) is 29.5 Å². The number of amides is 5. The van der Waals surface area contributed by atoms with Crippen LogP contribution in [0, 0.1) is 11.8 Å². The molecule has 0 aromatic heterocycles. The van der Waals surface area contributed by atoms with Gasteiger partial charge in [0, 0.05) is 18.7 Å². The molecule has 0 aromatic carbocycles. The van der Waals surface area contributed by atoms with Crippen LogP contribution in [-0.4, -0.2) is 88.0 Å². The Bertz CT molecular complexity index is 886. The molecule has 216 valence electrons. The van der Waals surface area contributed by atoms with Crippen molar-refractivity contribution in [3.05, 3.63) is 0 Å². The van der Waals surface area contributed by atoms with Crippen molar-refractivity contribution < 1.29 is 33.9 Å². The third kappa shape index (κ3) is 9.46. The molecule has 0 aromatic rings. The van der Waals surface area contributed by atoms with Crippen molar-refractivity contribution in [2.75, 3.05) is 12.3 Å². The van der Waals surface area contributed by atoms with Crippen molar-refractivity contribution in [1.82, 2.24) is 20.9 Å². The van der Waals surface area contributed by atoms with E-state index in [9.17, 15) is 33.9 Å². The summed E-state index contributed by atoms with van der Waals surface area (Å²) in [5, 5.41) is 17.1. The molecular formula is C24H42N6O7S. The number of aliphatic carboxylic acids is 1. The molecule has 0 radical (unpaired) electrons. The first-order valence-corrected chi connectivity index (χ1v) is 13.5. The zero-order valence-corrected chi connectivity index (χ0v) is 23.3. The molecule has 0 aliphatic carbocycles. The lowest BCUT2D eigenvalue weighted by Crippen LogP contribution is -2.59. The number of carbonyl (C=O) groups is 6. The molecule has 0 unspecified atom stereocenters. The highest BCUT2D eigenvalue weighted by Crippen LogP contribution is 2.21. The summed E-state index contributed by atoms with van der Waals surface area (Å²) < 4.78 is 0. The number of thiol groups is 1. The van der Waals surface area contributed by atoms with Gasteiger partial charge in [-0.3, -0.25) is 24.0 Å². The van der Waals surface area contributed by atoms with Gasteiger partial charge in [0.05, 0.1) is 6.04 Å². The third-order valence-corrected chi connectivity index (χ3v) is 7.08. The first-order chi connectivity index (χ1) is 17.7. The number of nitrogens with one attached hydrogen (secondary N) is 3. The zero-order valence-electron chi connectivity index (χ0n) is 22.4. The van der Waals surface area contributed by atoms with E-state index in [1.807, 2.05) is 6.92 Å². The molecule has 1 heterocycles. The van der Waals surface area contributed by atoms with E-state index in [2.05, 4.69) is 28.6 Å². The van der Waals surface area contributed by atoms with Gasteiger partial charge in [0.15, 0.2) is 0 Å². The molecule has 1 rings (SSSR count). The highest BCUT2D eigenvalue weighted by atomic mass is 32.1.